The minimum atomic E-state index is -0.153. The van der Waals surface area contributed by atoms with E-state index in [9.17, 15) is 0 Å². The minimum Gasteiger partial charge on any atom is -0.392 e. The van der Waals surface area contributed by atoms with Crippen molar-refractivity contribution < 1.29 is 5.11 Å². The summed E-state index contributed by atoms with van der Waals surface area (Å²) in [7, 11) is 0. The van der Waals surface area contributed by atoms with Crippen LogP contribution in [-0.4, -0.2) is 35.2 Å². The lowest BCUT2D eigenvalue weighted by molar-refractivity contribution is 0.170. The molecule has 2 heteroatoms. The van der Waals surface area contributed by atoms with Gasteiger partial charge in [-0.25, -0.2) is 0 Å². The topological polar surface area (TPSA) is 23.2 Å². The summed E-state index contributed by atoms with van der Waals surface area (Å²) in [5.74, 6) is 0. The Kier molecular flexibility index (Phi) is 1.54. The number of rotatable bonds is 2. The first-order chi connectivity index (χ1) is 3.70. The third-order valence-electron chi connectivity index (χ3n) is 1.49. The quantitative estimate of drug-likeness (QED) is 0.515. The summed E-state index contributed by atoms with van der Waals surface area (Å²) in [6.45, 7) is 6.01. The van der Waals surface area contributed by atoms with Crippen molar-refractivity contribution in [1.29, 1.82) is 0 Å². The number of β-amino-alcohol motifs (C(OH)–C–C–N with tert-alkyl or cyclic N) is 1. The fraction of sp³-hybridized carbons (Fsp3) is 1.00. The molecule has 0 bridgehead atoms. The lowest BCUT2D eigenvalue weighted by Gasteiger charge is -2.02. The Balaban J connectivity index is 2.05. The van der Waals surface area contributed by atoms with Crippen LogP contribution in [0.2, 0.25) is 0 Å². The second-order valence-corrected chi connectivity index (χ2v) is 2.65. The molecule has 0 aromatic heterocycles. The molecule has 1 N–H and O–H groups in total. The summed E-state index contributed by atoms with van der Waals surface area (Å²) in [6.07, 6.45) is -0.153. The highest BCUT2D eigenvalue weighted by Crippen LogP contribution is 2.15. The molecule has 3 atom stereocenters. The van der Waals surface area contributed by atoms with Crippen LogP contribution in [0, 0.1) is 0 Å². The first-order valence-electron chi connectivity index (χ1n) is 3.12. The van der Waals surface area contributed by atoms with Crippen LogP contribution in [-0.2, 0) is 0 Å². The molecular formula is C6H13NO. The Morgan fingerprint density at radius 2 is 2.38 bits per heavy atom. The Bertz CT molecular complexity index is 82.6. The van der Waals surface area contributed by atoms with Crippen molar-refractivity contribution in [3.63, 3.8) is 0 Å². The maximum absolute atomic E-state index is 8.84. The fourth-order valence-corrected chi connectivity index (χ4v) is 0.886. The van der Waals surface area contributed by atoms with Crippen molar-refractivity contribution in [3.05, 3.63) is 0 Å². The van der Waals surface area contributed by atoms with Crippen LogP contribution in [0.25, 0.3) is 0 Å². The summed E-state index contributed by atoms with van der Waals surface area (Å²) >= 11 is 0. The SMILES string of the molecule is CC(O)CN1CC1C. The summed E-state index contributed by atoms with van der Waals surface area (Å²) in [5, 5.41) is 8.84. The normalized spacial score (nSPS) is 39.4. The Morgan fingerprint density at radius 1 is 1.88 bits per heavy atom. The second-order valence-electron chi connectivity index (χ2n) is 2.65. The van der Waals surface area contributed by atoms with Crippen molar-refractivity contribution in [1.82, 2.24) is 4.90 Å². The molecule has 0 spiro atoms. The van der Waals surface area contributed by atoms with Crippen molar-refractivity contribution in [2.45, 2.75) is 26.0 Å². The predicted octanol–water partition coefficient (Wildman–Crippen LogP) is 0.0713. The zero-order valence-electron chi connectivity index (χ0n) is 5.46. The van der Waals surface area contributed by atoms with E-state index in [4.69, 9.17) is 5.11 Å². The molecule has 1 fully saturated rings. The number of nitrogens with zero attached hydrogens (tertiary/aromatic N) is 1. The number of aliphatic hydroxyl groups is 1. The van der Waals surface area contributed by atoms with Gasteiger partial charge in [-0.1, -0.05) is 0 Å². The highest BCUT2D eigenvalue weighted by molar-refractivity contribution is 4.85. The largest absolute Gasteiger partial charge is 0.392 e. The van der Waals surface area contributed by atoms with Gasteiger partial charge in [-0.2, -0.15) is 0 Å². The lowest BCUT2D eigenvalue weighted by atomic mass is 10.4. The molecule has 1 aliphatic heterocycles. The molecule has 1 rings (SSSR count). The van der Waals surface area contributed by atoms with Crippen molar-refractivity contribution in [2.24, 2.45) is 0 Å². The van der Waals surface area contributed by atoms with Gasteiger partial charge in [0.2, 0.25) is 0 Å². The van der Waals surface area contributed by atoms with E-state index in [2.05, 4.69) is 11.8 Å². The van der Waals surface area contributed by atoms with Crippen LogP contribution in [0.1, 0.15) is 13.8 Å². The molecule has 2 nitrogen and oxygen atoms in total. The van der Waals surface area contributed by atoms with Gasteiger partial charge in [-0.15, -0.1) is 0 Å². The highest BCUT2D eigenvalue weighted by atomic mass is 16.3. The number of hydrogen-bond acceptors (Lipinski definition) is 2. The summed E-state index contributed by atoms with van der Waals surface area (Å²) in [5.41, 5.74) is 0. The first-order valence-corrected chi connectivity index (χ1v) is 3.12. The Labute approximate surface area is 50.1 Å². The molecule has 0 radical (unpaired) electrons. The monoisotopic (exact) mass is 115 g/mol. The standard InChI is InChI=1S/C6H13NO/c1-5-3-7(5)4-6(2)8/h5-6,8H,3-4H2,1-2H3. The van der Waals surface area contributed by atoms with Gasteiger partial charge in [-0.05, 0) is 13.8 Å². The van der Waals surface area contributed by atoms with Gasteiger partial charge < -0.3 is 5.11 Å². The smallest absolute Gasteiger partial charge is 0.0639 e. The van der Waals surface area contributed by atoms with E-state index >= 15 is 0 Å². The highest BCUT2D eigenvalue weighted by Gasteiger charge is 2.28. The second kappa shape index (κ2) is 2.03. The molecule has 1 saturated heterocycles. The van der Waals surface area contributed by atoms with E-state index in [1.807, 2.05) is 6.92 Å². The van der Waals surface area contributed by atoms with Gasteiger partial charge in [0.05, 0.1) is 6.10 Å². The van der Waals surface area contributed by atoms with Crippen LogP contribution < -0.4 is 0 Å². The van der Waals surface area contributed by atoms with Crippen LogP contribution in [0.15, 0.2) is 0 Å². The van der Waals surface area contributed by atoms with Crippen molar-refractivity contribution in [3.8, 4) is 0 Å². The molecule has 1 aliphatic rings. The summed E-state index contributed by atoms with van der Waals surface area (Å²) in [4.78, 5) is 2.24. The molecule has 8 heavy (non-hydrogen) atoms. The minimum absolute atomic E-state index is 0.153. The molecule has 1 heterocycles. The van der Waals surface area contributed by atoms with Gasteiger partial charge in [0.1, 0.15) is 0 Å². The van der Waals surface area contributed by atoms with Crippen LogP contribution in [0.3, 0.4) is 0 Å². The third-order valence-corrected chi connectivity index (χ3v) is 1.49. The van der Waals surface area contributed by atoms with Gasteiger partial charge in [0, 0.05) is 19.1 Å². The zero-order valence-corrected chi connectivity index (χ0v) is 5.46. The van der Waals surface area contributed by atoms with Crippen LogP contribution in [0.5, 0.6) is 0 Å². The molecule has 0 aliphatic carbocycles. The Morgan fingerprint density at radius 3 is 2.50 bits per heavy atom. The Hall–Kier alpha value is -0.0800. The third kappa shape index (κ3) is 1.46. The molecular weight excluding hydrogens is 102 g/mol. The van der Waals surface area contributed by atoms with Gasteiger partial charge in [0.25, 0.3) is 0 Å². The van der Waals surface area contributed by atoms with Crippen LogP contribution in [0.4, 0.5) is 0 Å². The summed E-state index contributed by atoms with van der Waals surface area (Å²) < 4.78 is 0. The fourth-order valence-electron chi connectivity index (χ4n) is 0.886. The lowest BCUT2D eigenvalue weighted by Crippen LogP contribution is -2.15. The van der Waals surface area contributed by atoms with Gasteiger partial charge in [0.15, 0.2) is 0 Å². The van der Waals surface area contributed by atoms with E-state index < -0.39 is 0 Å². The number of aliphatic hydroxyl groups excluding tert-OH is 1. The zero-order chi connectivity index (χ0) is 6.15. The van der Waals surface area contributed by atoms with E-state index in [0.29, 0.717) is 0 Å². The molecule has 48 valence electrons. The molecule has 0 aromatic rings. The van der Waals surface area contributed by atoms with Crippen molar-refractivity contribution >= 4 is 0 Å². The van der Waals surface area contributed by atoms with E-state index in [1.54, 1.807) is 0 Å². The maximum Gasteiger partial charge on any atom is 0.0639 e. The van der Waals surface area contributed by atoms with Gasteiger partial charge in [-0.3, -0.25) is 4.90 Å². The molecule has 0 amide bonds. The number of hydrogen-bond donors (Lipinski definition) is 1. The van der Waals surface area contributed by atoms with E-state index in [0.717, 1.165) is 12.6 Å². The predicted molar refractivity (Wildman–Crippen MR) is 32.7 cm³/mol. The molecule has 0 aromatic carbocycles. The van der Waals surface area contributed by atoms with E-state index in [-0.39, 0.29) is 6.10 Å². The summed E-state index contributed by atoms with van der Waals surface area (Å²) in [6, 6.07) is 0.726. The average molecular weight is 115 g/mol. The maximum atomic E-state index is 8.84. The van der Waals surface area contributed by atoms with E-state index in [1.165, 1.54) is 6.54 Å². The molecule has 3 unspecified atom stereocenters. The van der Waals surface area contributed by atoms with Crippen LogP contribution >= 0.6 is 0 Å². The average Bonchev–Trinajstić information content (AvgIpc) is 2.17. The first kappa shape index (κ1) is 6.05. The van der Waals surface area contributed by atoms with Gasteiger partial charge >= 0.3 is 0 Å². The van der Waals surface area contributed by atoms with Crippen molar-refractivity contribution in [2.75, 3.05) is 13.1 Å². The molecule has 0 saturated carbocycles.